The summed E-state index contributed by atoms with van der Waals surface area (Å²) in [5, 5.41) is 3.38. The normalized spacial score (nSPS) is 12.2. The largest absolute Gasteiger partial charge is 0.497 e. The van der Waals surface area contributed by atoms with Crippen molar-refractivity contribution in [3.63, 3.8) is 0 Å². The number of ether oxygens (including phenoxy) is 1. The first kappa shape index (κ1) is 14.8. The Hall–Kier alpha value is -1.28. The molecule has 0 bridgehead atoms. The number of aryl methyl sites for hydroxylation is 1. The molecule has 1 aromatic rings. The Morgan fingerprint density at radius 3 is 2.44 bits per heavy atom. The highest BCUT2D eigenvalue weighted by molar-refractivity contribution is 5.27. The molecule has 0 fully saturated rings. The molecule has 1 aromatic carbocycles. The van der Waals surface area contributed by atoms with Crippen molar-refractivity contribution in [3.8, 4) is 5.75 Å². The van der Waals surface area contributed by atoms with Gasteiger partial charge in [0.2, 0.25) is 0 Å². The third kappa shape index (κ3) is 5.37. The summed E-state index contributed by atoms with van der Waals surface area (Å²) in [6.45, 7) is 6.05. The fourth-order valence-electron chi connectivity index (χ4n) is 1.99. The molecule has 2 nitrogen and oxygen atoms in total. The van der Waals surface area contributed by atoms with Crippen LogP contribution in [-0.4, -0.2) is 20.2 Å². The van der Waals surface area contributed by atoms with E-state index in [4.69, 9.17) is 4.74 Å². The van der Waals surface area contributed by atoms with E-state index in [0.29, 0.717) is 6.04 Å². The quantitative estimate of drug-likeness (QED) is 0.709. The Bertz CT molecular complexity index is 356. The van der Waals surface area contributed by atoms with E-state index in [1.807, 2.05) is 19.2 Å². The first-order chi connectivity index (χ1) is 8.65. The number of methoxy groups -OCH3 is 1. The van der Waals surface area contributed by atoms with Gasteiger partial charge >= 0.3 is 0 Å². The second-order valence-electron chi connectivity index (χ2n) is 4.87. The summed E-state index contributed by atoms with van der Waals surface area (Å²) in [4.78, 5) is 0. The van der Waals surface area contributed by atoms with Gasteiger partial charge in [0, 0.05) is 6.04 Å². The zero-order valence-corrected chi connectivity index (χ0v) is 11.8. The second-order valence-corrected chi connectivity index (χ2v) is 4.87. The minimum absolute atomic E-state index is 0.573. The average Bonchev–Trinajstić information content (AvgIpc) is 2.39. The van der Waals surface area contributed by atoms with E-state index in [-0.39, 0.29) is 0 Å². The van der Waals surface area contributed by atoms with E-state index >= 15 is 0 Å². The third-order valence-electron chi connectivity index (χ3n) is 3.27. The second kappa shape index (κ2) is 7.93. The SMILES string of the molecule is C=C(C)CCC(CCc1ccc(OC)cc1)NC. The summed E-state index contributed by atoms with van der Waals surface area (Å²) >= 11 is 0. The average molecular weight is 247 g/mol. The predicted molar refractivity (Wildman–Crippen MR) is 78.2 cm³/mol. The summed E-state index contributed by atoms with van der Waals surface area (Å²) in [5.41, 5.74) is 2.63. The Balaban J connectivity index is 2.38. The van der Waals surface area contributed by atoms with E-state index < -0.39 is 0 Å². The Morgan fingerprint density at radius 1 is 1.28 bits per heavy atom. The van der Waals surface area contributed by atoms with E-state index in [2.05, 4.69) is 31.0 Å². The predicted octanol–water partition coefficient (Wildman–Crippen LogP) is 3.57. The molecule has 0 saturated carbocycles. The third-order valence-corrected chi connectivity index (χ3v) is 3.27. The highest BCUT2D eigenvalue weighted by Gasteiger charge is 2.06. The summed E-state index contributed by atoms with van der Waals surface area (Å²) in [6.07, 6.45) is 4.54. The highest BCUT2D eigenvalue weighted by Crippen LogP contribution is 2.15. The van der Waals surface area contributed by atoms with Crippen molar-refractivity contribution in [1.29, 1.82) is 0 Å². The van der Waals surface area contributed by atoms with Gasteiger partial charge in [-0.25, -0.2) is 0 Å². The minimum Gasteiger partial charge on any atom is -0.497 e. The van der Waals surface area contributed by atoms with Gasteiger partial charge in [-0.15, -0.1) is 6.58 Å². The molecule has 1 unspecified atom stereocenters. The van der Waals surface area contributed by atoms with Crippen LogP contribution in [0.4, 0.5) is 0 Å². The van der Waals surface area contributed by atoms with Crippen molar-refractivity contribution in [1.82, 2.24) is 5.32 Å². The molecule has 0 aromatic heterocycles. The maximum atomic E-state index is 5.16. The van der Waals surface area contributed by atoms with Gasteiger partial charge in [-0.2, -0.15) is 0 Å². The van der Waals surface area contributed by atoms with Crippen molar-refractivity contribution < 1.29 is 4.74 Å². The molecule has 0 aliphatic rings. The van der Waals surface area contributed by atoms with Crippen LogP contribution in [0.25, 0.3) is 0 Å². The van der Waals surface area contributed by atoms with E-state index in [9.17, 15) is 0 Å². The zero-order chi connectivity index (χ0) is 13.4. The van der Waals surface area contributed by atoms with E-state index in [1.165, 1.54) is 17.6 Å². The fraction of sp³-hybridized carbons (Fsp3) is 0.500. The van der Waals surface area contributed by atoms with Crippen molar-refractivity contribution in [3.05, 3.63) is 42.0 Å². The van der Waals surface area contributed by atoms with Crippen molar-refractivity contribution >= 4 is 0 Å². The van der Waals surface area contributed by atoms with Gasteiger partial charge in [-0.1, -0.05) is 17.7 Å². The molecule has 0 saturated heterocycles. The molecule has 0 aliphatic carbocycles. The molecular formula is C16H25NO. The monoisotopic (exact) mass is 247 g/mol. The van der Waals surface area contributed by atoms with Gasteiger partial charge in [0.1, 0.15) is 5.75 Å². The number of rotatable bonds is 8. The van der Waals surface area contributed by atoms with Gasteiger partial charge < -0.3 is 10.1 Å². The summed E-state index contributed by atoms with van der Waals surface area (Å²) in [7, 11) is 3.74. The van der Waals surface area contributed by atoms with Gasteiger partial charge in [-0.05, 0) is 57.4 Å². The smallest absolute Gasteiger partial charge is 0.118 e. The molecule has 0 spiro atoms. The van der Waals surface area contributed by atoms with Crippen molar-refractivity contribution in [2.24, 2.45) is 0 Å². The molecule has 0 radical (unpaired) electrons. The first-order valence-electron chi connectivity index (χ1n) is 6.60. The maximum Gasteiger partial charge on any atom is 0.118 e. The highest BCUT2D eigenvalue weighted by atomic mass is 16.5. The number of hydrogen-bond donors (Lipinski definition) is 1. The molecule has 0 amide bonds. The van der Waals surface area contributed by atoms with Gasteiger partial charge in [0.15, 0.2) is 0 Å². The lowest BCUT2D eigenvalue weighted by molar-refractivity contribution is 0.414. The zero-order valence-electron chi connectivity index (χ0n) is 11.8. The molecular weight excluding hydrogens is 222 g/mol. The molecule has 100 valence electrons. The topological polar surface area (TPSA) is 21.3 Å². The van der Waals surface area contributed by atoms with Crippen molar-refractivity contribution in [2.75, 3.05) is 14.2 Å². The Morgan fingerprint density at radius 2 is 1.94 bits per heavy atom. The Labute approximate surface area is 111 Å². The van der Waals surface area contributed by atoms with Crippen LogP contribution in [0.2, 0.25) is 0 Å². The summed E-state index contributed by atoms with van der Waals surface area (Å²) in [6, 6.07) is 8.91. The molecule has 1 N–H and O–H groups in total. The van der Waals surface area contributed by atoms with Crippen LogP contribution in [0.5, 0.6) is 5.75 Å². The van der Waals surface area contributed by atoms with Gasteiger partial charge in [-0.3, -0.25) is 0 Å². The number of allylic oxidation sites excluding steroid dienone is 1. The number of benzene rings is 1. The standard InChI is InChI=1S/C16H25NO/c1-13(2)5-9-15(17-3)10-6-14-7-11-16(18-4)12-8-14/h7-8,11-12,15,17H,1,5-6,9-10H2,2-4H3. The van der Waals surface area contributed by atoms with Crippen LogP contribution in [0, 0.1) is 0 Å². The lowest BCUT2D eigenvalue weighted by Crippen LogP contribution is -2.25. The first-order valence-corrected chi connectivity index (χ1v) is 6.60. The summed E-state index contributed by atoms with van der Waals surface area (Å²) < 4.78 is 5.16. The van der Waals surface area contributed by atoms with Gasteiger partial charge in [0.25, 0.3) is 0 Å². The van der Waals surface area contributed by atoms with Gasteiger partial charge in [0.05, 0.1) is 7.11 Å². The Kier molecular flexibility index (Phi) is 6.51. The van der Waals surface area contributed by atoms with Crippen LogP contribution < -0.4 is 10.1 Å². The van der Waals surface area contributed by atoms with Crippen LogP contribution >= 0.6 is 0 Å². The lowest BCUT2D eigenvalue weighted by Gasteiger charge is -2.16. The molecule has 2 heteroatoms. The fourth-order valence-corrected chi connectivity index (χ4v) is 1.99. The maximum absolute atomic E-state index is 5.16. The summed E-state index contributed by atoms with van der Waals surface area (Å²) in [5.74, 6) is 0.922. The molecule has 0 aliphatic heterocycles. The molecule has 18 heavy (non-hydrogen) atoms. The van der Waals surface area contributed by atoms with Crippen LogP contribution in [0.15, 0.2) is 36.4 Å². The van der Waals surface area contributed by atoms with Crippen LogP contribution in [0.1, 0.15) is 31.7 Å². The molecule has 0 heterocycles. The number of nitrogens with one attached hydrogen (secondary N) is 1. The van der Waals surface area contributed by atoms with E-state index in [1.54, 1.807) is 7.11 Å². The van der Waals surface area contributed by atoms with Crippen molar-refractivity contribution in [2.45, 2.75) is 38.6 Å². The van der Waals surface area contributed by atoms with Crippen LogP contribution in [0.3, 0.4) is 0 Å². The van der Waals surface area contributed by atoms with Crippen LogP contribution in [-0.2, 0) is 6.42 Å². The number of hydrogen-bond acceptors (Lipinski definition) is 2. The van der Waals surface area contributed by atoms with E-state index in [0.717, 1.165) is 25.0 Å². The molecule has 1 rings (SSSR count). The molecule has 1 atom stereocenters. The minimum atomic E-state index is 0.573. The lowest BCUT2D eigenvalue weighted by atomic mass is 10.00.